The molecule has 0 amide bonds. The van der Waals surface area contributed by atoms with Crippen molar-refractivity contribution in [2.24, 2.45) is 5.92 Å². The molecule has 1 aromatic rings. The summed E-state index contributed by atoms with van der Waals surface area (Å²) in [5.74, 6) is -0.900. The fraction of sp³-hybridized carbons (Fsp3) is 0.273. The van der Waals surface area contributed by atoms with Crippen molar-refractivity contribution >= 4 is 6.29 Å². The standard InChI is InChI=1S/C11H8F3NO/c12-11(13,14)10-3-1-2-8(5-10)4-9(6-15)7-16/h1-3,5,7,9H,4H2. The molecule has 1 rings (SSSR count). The summed E-state index contributed by atoms with van der Waals surface area (Å²) in [6.07, 6.45) is -3.97. The largest absolute Gasteiger partial charge is 0.416 e. The summed E-state index contributed by atoms with van der Waals surface area (Å²) in [6.45, 7) is 0. The molecule has 0 bridgehead atoms. The van der Waals surface area contributed by atoms with E-state index in [-0.39, 0.29) is 6.42 Å². The van der Waals surface area contributed by atoms with Crippen molar-refractivity contribution in [3.05, 3.63) is 35.4 Å². The number of halogens is 3. The van der Waals surface area contributed by atoms with Crippen molar-refractivity contribution in [2.75, 3.05) is 0 Å². The molecule has 1 unspecified atom stereocenters. The van der Waals surface area contributed by atoms with Gasteiger partial charge in [-0.15, -0.1) is 0 Å². The van der Waals surface area contributed by atoms with E-state index >= 15 is 0 Å². The first kappa shape index (κ1) is 12.2. The van der Waals surface area contributed by atoms with Crippen LogP contribution in [-0.4, -0.2) is 6.29 Å². The molecule has 0 fully saturated rings. The smallest absolute Gasteiger partial charge is 0.302 e. The summed E-state index contributed by atoms with van der Waals surface area (Å²) in [5.41, 5.74) is -0.443. The number of nitriles is 1. The van der Waals surface area contributed by atoms with Gasteiger partial charge in [0.1, 0.15) is 12.2 Å². The second-order valence-electron chi connectivity index (χ2n) is 3.27. The Morgan fingerprint density at radius 1 is 1.44 bits per heavy atom. The Morgan fingerprint density at radius 3 is 2.62 bits per heavy atom. The zero-order valence-corrected chi connectivity index (χ0v) is 8.16. The zero-order valence-electron chi connectivity index (χ0n) is 8.16. The van der Waals surface area contributed by atoms with Crippen LogP contribution in [0.2, 0.25) is 0 Å². The lowest BCUT2D eigenvalue weighted by Gasteiger charge is -2.08. The minimum atomic E-state index is -4.40. The van der Waals surface area contributed by atoms with Crippen LogP contribution in [0.5, 0.6) is 0 Å². The first-order valence-electron chi connectivity index (χ1n) is 4.48. The van der Waals surface area contributed by atoms with Crippen molar-refractivity contribution in [1.82, 2.24) is 0 Å². The number of nitrogens with zero attached hydrogens (tertiary/aromatic N) is 1. The monoisotopic (exact) mass is 227 g/mol. The van der Waals surface area contributed by atoms with Crippen LogP contribution in [0.3, 0.4) is 0 Å². The second-order valence-corrected chi connectivity index (χ2v) is 3.27. The lowest BCUT2D eigenvalue weighted by atomic mass is 10.0. The van der Waals surface area contributed by atoms with Gasteiger partial charge in [-0.25, -0.2) is 0 Å². The Hall–Kier alpha value is -1.83. The molecule has 0 aliphatic carbocycles. The van der Waals surface area contributed by atoms with Crippen molar-refractivity contribution < 1.29 is 18.0 Å². The van der Waals surface area contributed by atoms with Crippen molar-refractivity contribution in [2.45, 2.75) is 12.6 Å². The lowest BCUT2D eigenvalue weighted by molar-refractivity contribution is -0.137. The van der Waals surface area contributed by atoms with Gasteiger partial charge in [-0.2, -0.15) is 18.4 Å². The number of hydrogen-bond acceptors (Lipinski definition) is 2. The molecule has 0 N–H and O–H groups in total. The van der Waals surface area contributed by atoms with Crippen LogP contribution in [0.4, 0.5) is 13.2 Å². The third kappa shape index (κ3) is 3.09. The number of benzene rings is 1. The van der Waals surface area contributed by atoms with E-state index in [0.29, 0.717) is 11.8 Å². The highest BCUT2D eigenvalue weighted by Gasteiger charge is 2.30. The maximum atomic E-state index is 12.3. The van der Waals surface area contributed by atoms with Crippen LogP contribution >= 0.6 is 0 Å². The van der Waals surface area contributed by atoms with E-state index in [1.807, 2.05) is 0 Å². The zero-order chi connectivity index (χ0) is 12.2. The summed E-state index contributed by atoms with van der Waals surface area (Å²) in [6, 6.07) is 6.33. The van der Waals surface area contributed by atoms with Crippen LogP contribution < -0.4 is 0 Å². The summed E-state index contributed by atoms with van der Waals surface area (Å²) in [7, 11) is 0. The number of rotatable bonds is 3. The molecule has 0 heterocycles. The van der Waals surface area contributed by atoms with Gasteiger partial charge in [0.15, 0.2) is 0 Å². The number of carbonyl (C=O) groups is 1. The first-order chi connectivity index (χ1) is 7.47. The molecule has 0 aromatic heterocycles. The van der Waals surface area contributed by atoms with Gasteiger partial charge >= 0.3 is 6.18 Å². The van der Waals surface area contributed by atoms with E-state index in [0.717, 1.165) is 12.1 Å². The Labute approximate surface area is 90.3 Å². The first-order valence-corrected chi connectivity index (χ1v) is 4.48. The average molecular weight is 227 g/mol. The molecule has 84 valence electrons. The number of carbonyl (C=O) groups excluding carboxylic acids is 1. The summed E-state index contributed by atoms with van der Waals surface area (Å²) in [5, 5.41) is 8.51. The van der Waals surface area contributed by atoms with Gasteiger partial charge in [0, 0.05) is 0 Å². The molecule has 5 heteroatoms. The highest BCUT2D eigenvalue weighted by atomic mass is 19.4. The van der Waals surface area contributed by atoms with Gasteiger partial charge in [0.2, 0.25) is 0 Å². The third-order valence-electron chi connectivity index (χ3n) is 2.04. The van der Waals surface area contributed by atoms with E-state index in [2.05, 4.69) is 0 Å². The molecule has 16 heavy (non-hydrogen) atoms. The quantitative estimate of drug-likeness (QED) is 0.744. The highest BCUT2D eigenvalue weighted by molar-refractivity contribution is 5.58. The molecular weight excluding hydrogens is 219 g/mol. The minimum Gasteiger partial charge on any atom is -0.302 e. The fourth-order valence-electron chi connectivity index (χ4n) is 1.25. The molecular formula is C11H8F3NO. The van der Waals surface area contributed by atoms with Gasteiger partial charge in [0.05, 0.1) is 11.6 Å². The van der Waals surface area contributed by atoms with E-state index < -0.39 is 17.7 Å². The van der Waals surface area contributed by atoms with Crippen LogP contribution in [0, 0.1) is 17.2 Å². The lowest BCUT2D eigenvalue weighted by Crippen LogP contribution is -2.07. The number of hydrogen-bond donors (Lipinski definition) is 0. The van der Waals surface area contributed by atoms with E-state index in [4.69, 9.17) is 5.26 Å². The molecule has 1 aromatic carbocycles. The Kier molecular flexibility index (Phi) is 3.67. The van der Waals surface area contributed by atoms with Gasteiger partial charge in [-0.3, -0.25) is 0 Å². The summed E-state index contributed by atoms with van der Waals surface area (Å²) in [4.78, 5) is 10.4. The molecule has 0 aliphatic rings. The Bertz CT molecular complexity index is 420. The summed E-state index contributed by atoms with van der Waals surface area (Å²) < 4.78 is 37.0. The fourth-order valence-corrected chi connectivity index (χ4v) is 1.25. The molecule has 0 aliphatic heterocycles. The Balaban J connectivity index is 2.92. The molecule has 0 saturated carbocycles. The van der Waals surface area contributed by atoms with E-state index in [1.54, 1.807) is 6.07 Å². The SMILES string of the molecule is N#CC(C=O)Cc1cccc(C(F)(F)F)c1. The van der Waals surface area contributed by atoms with Gasteiger partial charge in [0.25, 0.3) is 0 Å². The van der Waals surface area contributed by atoms with Crippen molar-refractivity contribution in [1.29, 1.82) is 5.26 Å². The number of alkyl halides is 3. The van der Waals surface area contributed by atoms with Gasteiger partial charge < -0.3 is 4.79 Å². The van der Waals surface area contributed by atoms with Crippen LogP contribution in [0.15, 0.2) is 24.3 Å². The molecule has 0 saturated heterocycles. The predicted molar refractivity (Wildman–Crippen MR) is 50.3 cm³/mol. The van der Waals surface area contributed by atoms with E-state index in [1.165, 1.54) is 12.1 Å². The van der Waals surface area contributed by atoms with Crippen LogP contribution in [0.1, 0.15) is 11.1 Å². The number of aldehydes is 1. The molecule has 0 spiro atoms. The maximum absolute atomic E-state index is 12.3. The van der Waals surface area contributed by atoms with E-state index in [9.17, 15) is 18.0 Å². The average Bonchev–Trinajstić information content (AvgIpc) is 2.25. The normalized spacial score (nSPS) is 12.9. The van der Waals surface area contributed by atoms with Crippen molar-refractivity contribution in [3.8, 4) is 6.07 Å². The topological polar surface area (TPSA) is 40.9 Å². The summed E-state index contributed by atoms with van der Waals surface area (Å²) >= 11 is 0. The third-order valence-corrected chi connectivity index (χ3v) is 2.04. The molecule has 1 atom stereocenters. The molecule has 0 radical (unpaired) electrons. The van der Waals surface area contributed by atoms with Gasteiger partial charge in [-0.05, 0) is 18.1 Å². The Morgan fingerprint density at radius 2 is 2.12 bits per heavy atom. The predicted octanol–water partition coefficient (Wildman–Crippen LogP) is 2.59. The van der Waals surface area contributed by atoms with Crippen LogP contribution in [0.25, 0.3) is 0 Å². The molecule has 2 nitrogen and oxygen atoms in total. The van der Waals surface area contributed by atoms with Gasteiger partial charge in [-0.1, -0.05) is 18.2 Å². The van der Waals surface area contributed by atoms with Crippen molar-refractivity contribution in [3.63, 3.8) is 0 Å². The minimum absolute atomic E-state index is 0.00389. The highest BCUT2D eigenvalue weighted by Crippen LogP contribution is 2.29. The maximum Gasteiger partial charge on any atom is 0.416 e. The van der Waals surface area contributed by atoms with Crippen LogP contribution in [-0.2, 0) is 17.4 Å². The second kappa shape index (κ2) is 4.79.